The SMILES string of the molecule is C[C@H](N)c1cccnc1SCCO. The van der Waals surface area contributed by atoms with Crippen LogP contribution in [0.25, 0.3) is 0 Å². The van der Waals surface area contributed by atoms with Gasteiger partial charge in [-0.2, -0.15) is 0 Å². The van der Waals surface area contributed by atoms with E-state index in [1.807, 2.05) is 19.1 Å². The third-order valence-corrected chi connectivity index (χ3v) is 2.62. The summed E-state index contributed by atoms with van der Waals surface area (Å²) in [7, 11) is 0. The van der Waals surface area contributed by atoms with E-state index in [9.17, 15) is 0 Å². The van der Waals surface area contributed by atoms with Crippen molar-refractivity contribution in [1.82, 2.24) is 4.98 Å². The van der Waals surface area contributed by atoms with Crippen molar-refractivity contribution in [2.45, 2.75) is 18.0 Å². The molecule has 0 saturated heterocycles. The van der Waals surface area contributed by atoms with Crippen LogP contribution >= 0.6 is 11.8 Å². The summed E-state index contributed by atoms with van der Waals surface area (Å²) in [6.45, 7) is 2.10. The maximum Gasteiger partial charge on any atom is 0.101 e. The topological polar surface area (TPSA) is 59.1 Å². The number of rotatable bonds is 4. The predicted molar refractivity (Wildman–Crippen MR) is 54.6 cm³/mol. The zero-order valence-electron chi connectivity index (χ0n) is 7.60. The first-order valence-electron chi connectivity index (χ1n) is 4.20. The molecule has 0 unspecified atom stereocenters. The van der Waals surface area contributed by atoms with Gasteiger partial charge in [-0.1, -0.05) is 6.07 Å². The molecule has 0 bridgehead atoms. The third kappa shape index (κ3) is 2.99. The second-order valence-corrected chi connectivity index (χ2v) is 3.84. The molecule has 1 aromatic rings. The summed E-state index contributed by atoms with van der Waals surface area (Å²) in [6.07, 6.45) is 1.74. The molecule has 0 radical (unpaired) electrons. The van der Waals surface area contributed by atoms with Crippen LogP contribution < -0.4 is 5.73 Å². The Balaban J connectivity index is 2.78. The Morgan fingerprint density at radius 1 is 1.69 bits per heavy atom. The van der Waals surface area contributed by atoms with Crippen LogP contribution in [0.4, 0.5) is 0 Å². The number of nitrogens with zero attached hydrogens (tertiary/aromatic N) is 1. The summed E-state index contributed by atoms with van der Waals surface area (Å²) in [4.78, 5) is 4.21. The van der Waals surface area contributed by atoms with Crippen molar-refractivity contribution < 1.29 is 5.11 Å². The van der Waals surface area contributed by atoms with Crippen LogP contribution in [0.2, 0.25) is 0 Å². The first kappa shape index (κ1) is 10.5. The second-order valence-electron chi connectivity index (χ2n) is 2.76. The summed E-state index contributed by atoms with van der Waals surface area (Å²) < 4.78 is 0. The second kappa shape index (κ2) is 5.21. The van der Waals surface area contributed by atoms with Gasteiger partial charge in [-0.25, -0.2) is 4.98 Å². The zero-order chi connectivity index (χ0) is 9.68. The molecule has 1 rings (SSSR count). The van der Waals surface area contributed by atoms with Gasteiger partial charge in [0.25, 0.3) is 0 Å². The third-order valence-electron chi connectivity index (χ3n) is 1.62. The Labute approximate surface area is 82.4 Å². The van der Waals surface area contributed by atoms with E-state index in [1.54, 1.807) is 6.20 Å². The molecule has 3 N–H and O–H groups in total. The van der Waals surface area contributed by atoms with Crippen LogP contribution in [-0.4, -0.2) is 22.5 Å². The maximum atomic E-state index is 8.68. The Kier molecular flexibility index (Phi) is 4.21. The number of thioether (sulfide) groups is 1. The minimum absolute atomic E-state index is 0.00473. The number of nitrogens with two attached hydrogens (primary N) is 1. The highest BCUT2D eigenvalue weighted by molar-refractivity contribution is 7.99. The van der Waals surface area contributed by atoms with Crippen LogP contribution in [0.5, 0.6) is 0 Å². The molecule has 0 aliphatic rings. The molecule has 72 valence electrons. The normalized spacial score (nSPS) is 12.8. The smallest absolute Gasteiger partial charge is 0.101 e. The van der Waals surface area contributed by atoms with E-state index >= 15 is 0 Å². The molecule has 1 aromatic heterocycles. The number of aliphatic hydroxyl groups excluding tert-OH is 1. The van der Waals surface area contributed by atoms with Crippen molar-refractivity contribution in [1.29, 1.82) is 0 Å². The van der Waals surface area contributed by atoms with Crippen LogP contribution in [0.3, 0.4) is 0 Å². The van der Waals surface area contributed by atoms with Crippen molar-refractivity contribution in [3.8, 4) is 0 Å². The largest absolute Gasteiger partial charge is 0.396 e. The zero-order valence-corrected chi connectivity index (χ0v) is 8.42. The Hall–Kier alpha value is -0.580. The molecule has 0 amide bonds. The Morgan fingerprint density at radius 2 is 2.46 bits per heavy atom. The molecule has 13 heavy (non-hydrogen) atoms. The molecular formula is C9H14N2OS. The van der Waals surface area contributed by atoms with E-state index in [0.717, 1.165) is 10.6 Å². The number of hydrogen-bond acceptors (Lipinski definition) is 4. The van der Waals surface area contributed by atoms with Crippen LogP contribution in [0.1, 0.15) is 18.5 Å². The average molecular weight is 198 g/mol. The fourth-order valence-electron chi connectivity index (χ4n) is 1.01. The molecule has 0 aliphatic heterocycles. The van der Waals surface area contributed by atoms with E-state index in [1.165, 1.54) is 11.8 Å². The van der Waals surface area contributed by atoms with Crippen molar-refractivity contribution in [3.05, 3.63) is 23.9 Å². The van der Waals surface area contributed by atoms with Gasteiger partial charge in [0.15, 0.2) is 0 Å². The van der Waals surface area contributed by atoms with Gasteiger partial charge in [0, 0.05) is 23.6 Å². The molecular weight excluding hydrogens is 184 g/mol. The van der Waals surface area contributed by atoms with Gasteiger partial charge in [0.2, 0.25) is 0 Å². The fraction of sp³-hybridized carbons (Fsp3) is 0.444. The molecule has 0 spiro atoms. The first-order valence-corrected chi connectivity index (χ1v) is 5.18. The van der Waals surface area contributed by atoms with Crippen LogP contribution in [-0.2, 0) is 0 Å². The fourth-order valence-corrected chi connectivity index (χ4v) is 1.85. The number of aromatic nitrogens is 1. The van der Waals surface area contributed by atoms with Gasteiger partial charge in [-0.3, -0.25) is 0 Å². The van der Waals surface area contributed by atoms with E-state index in [-0.39, 0.29) is 12.6 Å². The van der Waals surface area contributed by atoms with E-state index in [2.05, 4.69) is 4.98 Å². The highest BCUT2D eigenvalue weighted by Gasteiger charge is 2.06. The summed E-state index contributed by atoms with van der Waals surface area (Å²) in [5.74, 6) is 0.663. The van der Waals surface area contributed by atoms with Crippen LogP contribution in [0.15, 0.2) is 23.4 Å². The standard InChI is InChI=1S/C9H14N2OS/c1-7(10)8-3-2-4-11-9(8)13-6-5-12/h2-4,7,12H,5-6,10H2,1H3/t7-/m0/s1. The summed E-state index contributed by atoms with van der Waals surface area (Å²) in [6, 6.07) is 3.84. The highest BCUT2D eigenvalue weighted by Crippen LogP contribution is 2.23. The van der Waals surface area contributed by atoms with E-state index < -0.39 is 0 Å². The first-order chi connectivity index (χ1) is 6.25. The molecule has 1 atom stereocenters. The van der Waals surface area contributed by atoms with Gasteiger partial charge >= 0.3 is 0 Å². The molecule has 4 heteroatoms. The van der Waals surface area contributed by atoms with Crippen LogP contribution in [0, 0.1) is 0 Å². The molecule has 3 nitrogen and oxygen atoms in total. The van der Waals surface area contributed by atoms with E-state index in [0.29, 0.717) is 5.75 Å². The Morgan fingerprint density at radius 3 is 3.08 bits per heavy atom. The van der Waals surface area contributed by atoms with Crippen molar-refractivity contribution in [2.75, 3.05) is 12.4 Å². The van der Waals surface area contributed by atoms with Gasteiger partial charge < -0.3 is 10.8 Å². The number of aliphatic hydroxyl groups is 1. The lowest BCUT2D eigenvalue weighted by atomic mass is 10.2. The van der Waals surface area contributed by atoms with Crippen molar-refractivity contribution in [2.24, 2.45) is 5.73 Å². The quantitative estimate of drug-likeness (QED) is 0.713. The number of pyridine rings is 1. The molecule has 0 saturated carbocycles. The monoisotopic (exact) mass is 198 g/mol. The minimum atomic E-state index is -0.00473. The lowest BCUT2D eigenvalue weighted by Crippen LogP contribution is -2.07. The predicted octanol–water partition coefficient (Wildman–Crippen LogP) is 1.19. The number of hydrogen-bond donors (Lipinski definition) is 2. The lowest BCUT2D eigenvalue weighted by Gasteiger charge is -2.09. The summed E-state index contributed by atoms with van der Waals surface area (Å²) in [5.41, 5.74) is 6.81. The van der Waals surface area contributed by atoms with Crippen molar-refractivity contribution in [3.63, 3.8) is 0 Å². The maximum absolute atomic E-state index is 8.68. The highest BCUT2D eigenvalue weighted by atomic mass is 32.2. The van der Waals surface area contributed by atoms with E-state index in [4.69, 9.17) is 10.8 Å². The molecule has 1 heterocycles. The minimum Gasteiger partial charge on any atom is -0.396 e. The van der Waals surface area contributed by atoms with Gasteiger partial charge in [0.05, 0.1) is 6.61 Å². The van der Waals surface area contributed by atoms with Gasteiger partial charge in [-0.15, -0.1) is 11.8 Å². The average Bonchev–Trinajstić information content (AvgIpc) is 2.15. The van der Waals surface area contributed by atoms with Gasteiger partial charge in [0.1, 0.15) is 5.03 Å². The molecule has 0 aromatic carbocycles. The molecule has 0 fully saturated rings. The molecule has 0 aliphatic carbocycles. The van der Waals surface area contributed by atoms with Crippen molar-refractivity contribution >= 4 is 11.8 Å². The summed E-state index contributed by atoms with van der Waals surface area (Å²) >= 11 is 1.53. The lowest BCUT2D eigenvalue weighted by molar-refractivity contribution is 0.322. The van der Waals surface area contributed by atoms with Gasteiger partial charge in [-0.05, 0) is 13.0 Å². The Bertz CT molecular complexity index is 266. The summed E-state index contributed by atoms with van der Waals surface area (Å²) in [5, 5.41) is 9.60.